The highest BCUT2D eigenvalue weighted by molar-refractivity contribution is 5.30. The number of benzene rings is 1. The zero-order chi connectivity index (χ0) is 15.2. The summed E-state index contributed by atoms with van der Waals surface area (Å²) in [6.07, 6.45) is 7.87. The third kappa shape index (κ3) is 3.87. The van der Waals surface area contributed by atoms with E-state index in [9.17, 15) is 0 Å². The molecule has 1 aliphatic rings. The summed E-state index contributed by atoms with van der Waals surface area (Å²) in [7, 11) is 0. The Balaban J connectivity index is 2.31. The number of nitrogens with zero attached hydrogens (tertiary/aromatic N) is 1. The zero-order valence-electron chi connectivity index (χ0n) is 14.0. The molecule has 1 aromatic rings. The molecule has 0 saturated heterocycles. The van der Waals surface area contributed by atoms with Crippen molar-refractivity contribution in [3.63, 3.8) is 0 Å². The minimum Gasteiger partial charge on any atom is -0.326 e. The van der Waals surface area contributed by atoms with Crippen molar-refractivity contribution in [3.8, 4) is 0 Å². The summed E-state index contributed by atoms with van der Waals surface area (Å²) in [5.41, 5.74) is 9.37. The molecule has 0 aromatic heterocycles. The van der Waals surface area contributed by atoms with Gasteiger partial charge in [0.05, 0.1) is 6.04 Å². The fraction of sp³-hybridized carbons (Fsp3) is 0.684. The second kappa shape index (κ2) is 7.95. The lowest BCUT2D eigenvalue weighted by Gasteiger charge is -2.42. The van der Waals surface area contributed by atoms with Gasteiger partial charge in [0.25, 0.3) is 0 Å². The highest BCUT2D eigenvalue weighted by Crippen LogP contribution is 2.33. The van der Waals surface area contributed by atoms with E-state index < -0.39 is 0 Å². The molecule has 1 aliphatic carbocycles. The van der Waals surface area contributed by atoms with Gasteiger partial charge in [-0.1, -0.05) is 57.4 Å². The molecule has 21 heavy (non-hydrogen) atoms. The number of likely N-dealkylation sites (N-methyl/N-ethyl adjacent to an activating group) is 1. The van der Waals surface area contributed by atoms with Crippen LogP contribution in [0.4, 0.5) is 0 Å². The Labute approximate surface area is 130 Å². The molecule has 0 aliphatic heterocycles. The van der Waals surface area contributed by atoms with Gasteiger partial charge < -0.3 is 5.73 Å². The third-order valence-electron chi connectivity index (χ3n) is 5.15. The lowest BCUT2D eigenvalue weighted by molar-refractivity contribution is 0.0928. The van der Waals surface area contributed by atoms with Crippen molar-refractivity contribution in [2.45, 2.75) is 77.4 Å². The van der Waals surface area contributed by atoms with Crippen molar-refractivity contribution in [1.29, 1.82) is 0 Å². The highest BCUT2D eigenvalue weighted by atomic mass is 15.2. The fourth-order valence-electron chi connectivity index (χ4n) is 3.89. The smallest absolute Gasteiger partial charge is 0.0504 e. The maximum absolute atomic E-state index is 6.56. The van der Waals surface area contributed by atoms with E-state index in [-0.39, 0.29) is 6.04 Å². The summed E-state index contributed by atoms with van der Waals surface area (Å²) < 4.78 is 0. The molecular formula is C19H32N2. The van der Waals surface area contributed by atoms with E-state index in [1.54, 1.807) is 0 Å². The maximum Gasteiger partial charge on any atom is 0.0504 e. The molecule has 1 fully saturated rings. The zero-order valence-corrected chi connectivity index (χ0v) is 14.0. The second-order valence-electron chi connectivity index (χ2n) is 6.50. The maximum atomic E-state index is 6.56. The third-order valence-corrected chi connectivity index (χ3v) is 5.15. The molecule has 1 aromatic carbocycles. The SMILES string of the molecule is CCC(N)C(c1ccccc1C)N(CC)C1CCCCC1. The van der Waals surface area contributed by atoms with Crippen molar-refractivity contribution in [3.05, 3.63) is 35.4 Å². The Hall–Kier alpha value is -0.860. The van der Waals surface area contributed by atoms with Crippen LogP contribution in [0.3, 0.4) is 0 Å². The van der Waals surface area contributed by atoms with Crippen LogP contribution in [0.2, 0.25) is 0 Å². The van der Waals surface area contributed by atoms with Gasteiger partial charge in [-0.2, -0.15) is 0 Å². The van der Waals surface area contributed by atoms with Crippen molar-refractivity contribution in [2.75, 3.05) is 6.54 Å². The predicted molar refractivity (Wildman–Crippen MR) is 91.4 cm³/mol. The molecule has 2 atom stereocenters. The van der Waals surface area contributed by atoms with Crippen LogP contribution in [0.5, 0.6) is 0 Å². The first-order valence-corrected chi connectivity index (χ1v) is 8.75. The second-order valence-corrected chi connectivity index (χ2v) is 6.50. The number of hydrogen-bond acceptors (Lipinski definition) is 2. The van der Waals surface area contributed by atoms with Crippen molar-refractivity contribution in [1.82, 2.24) is 4.90 Å². The van der Waals surface area contributed by atoms with Crippen LogP contribution in [0.15, 0.2) is 24.3 Å². The molecule has 2 unspecified atom stereocenters. The van der Waals surface area contributed by atoms with E-state index in [4.69, 9.17) is 5.73 Å². The number of nitrogens with two attached hydrogens (primary N) is 1. The van der Waals surface area contributed by atoms with Crippen LogP contribution in [-0.4, -0.2) is 23.5 Å². The monoisotopic (exact) mass is 288 g/mol. The molecule has 118 valence electrons. The van der Waals surface area contributed by atoms with Gasteiger partial charge in [-0.05, 0) is 43.9 Å². The molecule has 2 nitrogen and oxygen atoms in total. The summed E-state index contributed by atoms with van der Waals surface area (Å²) in [6.45, 7) is 7.82. The Morgan fingerprint density at radius 2 is 1.81 bits per heavy atom. The van der Waals surface area contributed by atoms with Crippen LogP contribution in [0, 0.1) is 6.92 Å². The molecule has 2 heteroatoms. The summed E-state index contributed by atoms with van der Waals surface area (Å²) in [5, 5.41) is 0. The molecular weight excluding hydrogens is 256 g/mol. The van der Waals surface area contributed by atoms with Crippen LogP contribution >= 0.6 is 0 Å². The van der Waals surface area contributed by atoms with Gasteiger partial charge in [0.15, 0.2) is 0 Å². The average molecular weight is 288 g/mol. The average Bonchev–Trinajstić information content (AvgIpc) is 2.53. The van der Waals surface area contributed by atoms with E-state index in [2.05, 4.69) is 49.9 Å². The molecule has 0 heterocycles. The first kappa shape index (κ1) is 16.5. The number of aryl methyl sites for hydroxylation is 1. The molecule has 2 rings (SSSR count). The molecule has 2 N–H and O–H groups in total. The van der Waals surface area contributed by atoms with Crippen molar-refractivity contribution in [2.24, 2.45) is 5.73 Å². The van der Waals surface area contributed by atoms with E-state index >= 15 is 0 Å². The topological polar surface area (TPSA) is 29.3 Å². The van der Waals surface area contributed by atoms with Gasteiger partial charge in [0.2, 0.25) is 0 Å². The van der Waals surface area contributed by atoms with Crippen molar-refractivity contribution >= 4 is 0 Å². The summed E-state index contributed by atoms with van der Waals surface area (Å²) >= 11 is 0. The Kier molecular flexibility index (Phi) is 6.25. The summed E-state index contributed by atoms with van der Waals surface area (Å²) in [4.78, 5) is 2.69. The summed E-state index contributed by atoms with van der Waals surface area (Å²) in [5.74, 6) is 0. The minimum atomic E-state index is 0.216. The van der Waals surface area contributed by atoms with Gasteiger partial charge in [-0.15, -0.1) is 0 Å². The van der Waals surface area contributed by atoms with Crippen LogP contribution in [-0.2, 0) is 0 Å². The van der Waals surface area contributed by atoms with Crippen molar-refractivity contribution < 1.29 is 0 Å². The van der Waals surface area contributed by atoms with E-state index in [0.717, 1.165) is 13.0 Å². The Bertz CT molecular complexity index is 423. The first-order valence-electron chi connectivity index (χ1n) is 8.75. The fourth-order valence-corrected chi connectivity index (χ4v) is 3.89. The van der Waals surface area contributed by atoms with E-state index in [1.165, 1.54) is 43.2 Å². The molecule has 0 amide bonds. The highest BCUT2D eigenvalue weighted by Gasteiger charge is 2.31. The largest absolute Gasteiger partial charge is 0.326 e. The Morgan fingerprint density at radius 3 is 2.38 bits per heavy atom. The molecule has 1 saturated carbocycles. The molecule has 0 spiro atoms. The van der Waals surface area contributed by atoms with E-state index in [0.29, 0.717) is 12.1 Å². The van der Waals surface area contributed by atoms with Gasteiger partial charge in [0.1, 0.15) is 0 Å². The number of hydrogen-bond donors (Lipinski definition) is 1. The Morgan fingerprint density at radius 1 is 1.14 bits per heavy atom. The minimum absolute atomic E-state index is 0.216. The van der Waals surface area contributed by atoms with Gasteiger partial charge in [-0.25, -0.2) is 0 Å². The molecule has 0 radical (unpaired) electrons. The predicted octanol–water partition coefficient (Wildman–Crippen LogP) is 4.43. The lowest BCUT2D eigenvalue weighted by atomic mass is 9.88. The molecule has 0 bridgehead atoms. The van der Waals surface area contributed by atoms with Crippen LogP contribution in [0.25, 0.3) is 0 Å². The quantitative estimate of drug-likeness (QED) is 0.839. The number of rotatable bonds is 6. The van der Waals surface area contributed by atoms with Gasteiger partial charge in [-0.3, -0.25) is 4.90 Å². The summed E-state index contributed by atoms with van der Waals surface area (Å²) in [6, 6.07) is 10.1. The van der Waals surface area contributed by atoms with Gasteiger partial charge >= 0.3 is 0 Å². The van der Waals surface area contributed by atoms with Crippen LogP contribution < -0.4 is 5.73 Å². The lowest BCUT2D eigenvalue weighted by Crippen LogP contribution is -2.47. The standard InChI is InChI=1S/C19H32N2/c1-4-18(20)19(17-14-10-9-11-15(17)3)21(5-2)16-12-7-6-8-13-16/h9-11,14,16,18-19H,4-8,12-13,20H2,1-3H3. The van der Waals surface area contributed by atoms with Crippen LogP contribution in [0.1, 0.15) is 69.5 Å². The van der Waals surface area contributed by atoms with E-state index in [1.807, 2.05) is 0 Å². The first-order chi connectivity index (χ1) is 10.2. The van der Waals surface area contributed by atoms with Gasteiger partial charge in [0, 0.05) is 12.1 Å². The normalized spacial score (nSPS) is 19.7.